The number of halogens is 3. The summed E-state index contributed by atoms with van der Waals surface area (Å²) >= 11 is 0. The van der Waals surface area contributed by atoms with Crippen molar-refractivity contribution in [3.8, 4) is 0 Å². The molecule has 14 heavy (non-hydrogen) atoms. The summed E-state index contributed by atoms with van der Waals surface area (Å²) in [6.45, 7) is 2.49. The van der Waals surface area contributed by atoms with Crippen molar-refractivity contribution in [2.24, 2.45) is 5.41 Å². The third-order valence-corrected chi connectivity index (χ3v) is 3.15. The average molecular weight is 208 g/mol. The molecule has 0 bridgehead atoms. The number of nitrogens with zero attached hydrogens (tertiary/aromatic N) is 2. The molecule has 1 spiro atoms. The second-order valence-corrected chi connectivity index (χ2v) is 4.75. The van der Waals surface area contributed by atoms with E-state index in [9.17, 15) is 13.2 Å². The molecule has 0 aromatic heterocycles. The summed E-state index contributed by atoms with van der Waals surface area (Å²) in [5, 5.41) is 0. The molecule has 0 amide bonds. The molecule has 0 aliphatic carbocycles. The quantitative estimate of drug-likeness (QED) is 0.638. The second-order valence-electron chi connectivity index (χ2n) is 4.75. The van der Waals surface area contributed by atoms with E-state index in [4.69, 9.17) is 0 Å². The number of hydrogen-bond acceptors (Lipinski definition) is 2. The highest BCUT2D eigenvalue weighted by atomic mass is 19.4. The Morgan fingerprint density at radius 3 is 2.29 bits per heavy atom. The van der Waals surface area contributed by atoms with E-state index in [1.54, 1.807) is 0 Å². The SMILES string of the molecule is CN1CCC2(C1)CN(CC(F)(F)F)C2. The monoisotopic (exact) mass is 208 g/mol. The third kappa shape index (κ3) is 2.03. The van der Waals surface area contributed by atoms with Crippen molar-refractivity contribution >= 4 is 0 Å². The minimum atomic E-state index is -4.04. The minimum Gasteiger partial charge on any atom is -0.306 e. The first kappa shape index (κ1) is 10.2. The lowest BCUT2D eigenvalue weighted by Gasteiger charge is -2.48. The zero-order chi connectivity index (χ0) is 10.4. The van der Waals surface area contributed by atoms with Gasteiger partial charge >= 0.3 is 6.18 Å². The lowest BCUT2D eigenvalue weighted by atomic mass is 9.79. The highest BCUT2D eigenvalue weighted by molar-refractivity contribution is 5.00. The molecule has 2 aliphatic heterocycles. The van der Waals surface area contributed by atoms with Crippen LogP contribution >= 0.6 is 0 Å². The van der Waals surface area contributed by atoms with Crippen molar-refractivity contribution in [1.82, 2.24) is 9.80 Å². The van der Waals surface area contributed by atoms with Crippen LogP contribution in [0.1, 0.15) is 6.42 Å². The first-order valence-electron chi connectivity index (χ1n) is 4.86. The Balaban J connectivity index is 1.79. The van der Waals surface area contributed by atoms with Gasteiger partial charge in [-0.2, -0.15) is 13.2 Å². The van der Waals surface area contributed by atoms with Crippen molar-refractivity contribution in [2.75, 3.05) is 39.8 Å². The maximum Gasteiger partial charge on any atom is 0.401 e. The molecule has 0 aromatic rings. The van der Waals surface area contributed by atoms with Gasteiger partial charge in [0.05, 0.1) is 6.54 Å². The van der Waals surface area contributed by atoms with Crippen LogP contribution in [0, 0.1) is 5.41 Å². The third-order valence-electron chi connectivity index (χ3n) is 3.15. The highest BCUT2D eigenvalue weighted by Crippen LogP contribution is 2.39. The van der Waals surface area contributed by atoms with Gasteiger partial charge < -0.3 is 4.90 Å². The van der Waals surface area contributed by atoms with Gasteiger partial charge in [-0.3, -0.25) is 4.90 Å². The zero-order valence-corrected chi connectivity index (χ0v) is 8.27. The fourth-order valence-electron chi connectivity index (χ4n) is 2.68. The number of likely N-dealkylation sites (tertiary alicyclic amines) is 2. The minimum absolute atomic E-state index is 0.181. The Morgan fingerprint density at radius 2 is 1.86 bits per heavy atom. The fourth-order valence-corrected chi connectivity index (χ4v) is 2.68. The van der Waals surface area contributed by atoms with Crippen LogP contribution in [0.4, 0.5) is 13.2 Å². The van der Waals surface area contributed by atoms with Gasteiger partial charge in [-0.25, -0.2) is 0 Å². The van der Waals surface area contributed by atoms with E-state index in [0.717, 1.165) is 19.5 Å². The molecule has 2 rings (SSSR count). The molecule has 5 heteroatoms. The molecule has 0 aromatic carbocycles. The summed E-state index contributed by atoms with van der Waals surface area (Å²) in [5.74, 6) is 0. The number of rotatable bonds is 1. The normalized spacial score (nSPS) is 28.3. The second kappa shape index (κ2) is 3.10. The lowest BCUT2D eigenvalue weighted by Crippen LogP contribution is -2.59. The number of alkyl halides is 3. The van der Waals surface area contributed by atoms with Crippen LogP contribution in [-0.4, -0.2) is 55.7 Å². The molecule has 82 valence electrons. The maximum atomic E-state index is 12.0. The smallest absolute Gasteiger partial charge is 0.306 e. The summed E-state index contributed by atoms with van der Waals surface area (Å²) in [6, 6.07) is 0. The van der Waals surface area contributed by atoms with E-state index < -0.39 is 12.7 Å². The van der Waals surface area contributed by atoms with E-state index in [1.165, 1.54) is 4.90 Å². The predicted octanol–water partition coefficient (Wildman–Crippen LogP) is 1.19. The van der Waals surface area contributed by atoms with E-state index in [0.29, 0.717) is 13.1 Å². The van der Waals surface area contributed by atoms with Crippen LogP contribution in [0.2, 0.25) is 0 Å². The molecule has 2 nitrogen and oxygen atoms in total. The first-order chi connectivity index (χ1) is 6.39. The van der Waals surface area contributed by atoms with Crippen LogP contribution in [0.25, 0.3) is 0 Å². The van der Waals surface area contributed by atoms with Crippen molar-refractivity contribution in [1.29, 1.82) is 0 Å². The topological polar surface area (TPSA) is 6.48 Å². The molecule has 0 saturated carbocycles. The van der Waals surface area contributed by atoms with Gasteiger partial charge in [0.15, 0.2) is 0 Å². The van der Waals surface area contributed by atoms with E-state index in [1.807, 2.05) is 7.05 Å². The van der Waals surface area contributed by atoms with Crippen LogP contribution in [0.5, 0.6) is 0 Å². The Hall–Kier alpha value is -0.290. The Kier molecular flexibility index (Phi) is 2.27. The highest BCUT2D eigenvalue weighted by Gasteiger charge is 2.49. The van der Waals surface area contributed by atoms with Gasteiger partial charge in [0.2, 0.25) is 0 Å². The zero-order valence-electron chi connectivity index (χ0n) is 8.27. The molecule has 2 saturated heterocycles. The number of hydrogen-bond donors (Lipinski definition) is 0. The largest absolute Gasteiger partial charge is 0.401 e. The summed E-state index contributed by atoms with van der Waals surface area (Å²) in [5.41, 5.74) is 0.181. The summed E-state index contributed by atoms with van der Waals surface area (Å²) in [7, 11) is 2.03. The summed E-state index contributed by atoms with van der Waals surface area (Å²) < 4.78 is 36.1. The molecule has 0 atom stereocenters. The van der Waals surface area contributed by atoms with Crippen molar-refractivity contribution in [2.45, 2.75) is 12.6 Å². The van der Waals surface area contributed by atoms with E-state index >= 15 is 0 Å². The van der Waals surface area contributed by atoms with Gasteiger partial charge in [0.25, 0.3) is 0 Å². The van der Waals surface area contributed by atoms with Gasteiger partial charge in [-0.1, -0.05) is 0 Å². The standard InChI is InChI=1S/C9H15F3N2/c1-13-3-2-8(4-13)5-14(6-8)7-9(10,11)12/h2-7H2,1H3. The summed E-state index contributed by atoms with van der Waals surface area (Å²) in [4.78, 5) is 3.70. The average Bonchev–Trinajstić information content (AvgIpc) is 2.27. The van der Waals surface area contributed by atoms with Gasteiger partial charge in [-0.05, 0) is 20.0 Å². The van der Waals surface area contributed by atoms with Crippen LogP contribution in [-0.2, 0) is 0 Å². The van der Waals surface area contributed by atoms with E-state index in [2.05, 4.69) is 4.90 Å². The Morgan fingerprint density at radius 1 is 1.21 bits per heavy atom. The Bertz CT molecular complexity index is 221. The predicted molar refractivity (Wildman–Crippen MR) is 47.0 cm³/mol. The lowest BCUT2D eigenvalue weighted by molar-refractivity contribution is -0.168. The molecular formula is C9H15F3N2. The van der Waals surface area contributed by atoms with Crippen LogP contribution < -0.4 is 0 Å². The first-order valence-corrected chi connectivity index (χ1v) is 4.86. The molecule has 2 heterocycles. The van der Waals surface area contributed by atoms with Crippen molar-refractivity contribution in [3.63, 3.8) is 0 Å². The van der Waals surface area contributed by atoms with Crippen LogP contribution in [0.15, 0.2) is 0 Å². The Labute approximate surface area is 81.7 Å². The molecule has 0 radical (unpaired) electrons. The van der Waals surface area contributed by atoms with Gasteiger partial charge in [0, 0.05) is 25.0 Å². The molecule has 2 aliphatic rings. The summed E-state index contributed by atoms with van der Waals surface area (Å²) in [6.07, 6.45) is -2.98. The van der Waals surface area contributed by atoms with Crippen LogP contribution in [0.3, 0.4) is 0 Å². The van der Waals surface area contributed by atoms with E-state index in [-0.39, 0.29) is 5.41 Å². The fraction of sp³-hybridized carbons (Fsp3) is 1.00. The molecule has 0 unspecified atom stereocenters. The molecule has 0 N–H and O–H groups in total. The molecular weight excluding hydrogens is 193 g/mol. The van der Waals surface area contributed by atoms with Gasteiger partial charge in [-0.15, -0.1) is 0 Å². The van der Waals surface area contributed by atoms with Crippen molar-refractivity contribution in [3.05, 3.63) is 0 Å². The maximum absolute atomic E-state index is 12.0. The van der Waals surface area contributed by atoms with Gasteiger partial charge in [0.1, 0.15) is 0 Å². The van der Waals surface area contributed by atoms with Crippen molar-refractivity contribution < 1.29 is 13.2 Å². The molecule has 2 fully saturated rings.